The van der Waals surface area contributed by atoms with Crippen LogP contribution in [-0.4, -0.2) is 103 Å². The van der Waals surface area contributed by atoms with E-state index in [-0.39, 0.29) is 67.1 Å². The first-order valence-electron chi connectivity index (χ1n) is 42.4. The van der Waals surface area contributed by atoms with Crippen LogP contribution < -0.4 is 28.9 Å². The summed E-state index contributed by atoms with van der Waals surface area (Å²) in [4.78, 5) is 43.4. The van der Waals surface area contributed by atoms with E-state index in [1.807, 2.05) is 6.08 Å². The highest BCUT2D eigenvalue weighted by Crippen LogP contribution is 2.53. The van der Waals surface area contributed by atoms with Crippen molar-refractivity contribution in [3.8, 4) is 34.5 Å². The number of hydrogen-bond acceptors (Lipinski definition) is 12. The van der Waals surface area contributed by atoms with E-state index in [1.165, 1.54) is 60.8 Å². The first-order chi connectivity index (χ1) is 58.5. The van der Waals surface area contributed by atoms with Crippen molar-refractivity contribution in [3.05, 3.63) is 346 Å². The van der Waals surface area contributed by atoms with E-state index in [4.69, 9.17) is 14.2 Å². The molecule has 6 heterocycles. The molecular weight excluding hydrogens is 1530 g/mol. The van der Waals surface area contributed by atoms with Gasteiger partial charge < -0.3 is 44.2 Å². The third kappa shape index (κ3) is 17.2. The van der Waals surface area contributed by atoms with Crippen molar-refractivity contribution in [3.63, 3.8) is 0 Å². The molecule has 6 aliphatic heterocycles. The van der Waals surface area contributed by atoms with Crippen molar-refractivity contribution in [2.75, 3.05) is 54.5 Å². The molecule has 3 N–H and O–H groups in total. The van der Waals surface area contributed by atoms with E-state index < -0.39 is 0 Å². The van der Waals surface area contributed by atoms with Gasteiger partial charge in [-0.25, -0.2) is 0 Å². The summed E-state index contributed by atoms with van der Waals surface area (Å²) >= 11 is 0. The number of para-hydroxylation sites is 3. The minimum absolute atomic E-state index is 0.127. The summed E-state index contributed by atoms with van der Waals surface area (Å²) in [7, 11) is 0. The van der Waals surface area contributed by atoms with Crippen LogP contribution >= 0.6 is 0 Å². The smallest absolute Gasteiger partial charge is 0.292 e. The lowest BCUT2D eigenvalue weighted by molar-refractivity contribution is -0.475. The van der Waals surface area contributed by atoms with Crippen LogP contribution in [0.5, 0.6) is 34.5 Å². The van der Waals surface area contributed by atoms with Gasteiger partial charge in [0.15, 0.2) is 17.1 Å². The minimum Gasteiger partial charge on any atom is -0.508 e. The van der Waals surface area contributed by atoms with Gasteiger partial charge in [-0.2, -0.15) is 13.7 Å². The Morgan fingerprint density at radius 2 is 0.642 bits per heavy atom. The number of phenols is 3. The number of ether oxygens (including phenoxy) is 3. The molecule has 0 aliphatic carbocycles. The number of fused-ring (bicyclic) bond motifs is 8. The van der Waals surface area contributed by atoms with Gasteiger partial charge in [-0.3, -0.25) is 14.4 Å². The van der Waals surface area contributed by atoms with Crippen molar-refractivity contribution in [1.29, 1.82) is 0 Å². The molecule has 15 heteroatoms. The van der Waals surface area contributed by atoms with Gasteiger partial charge >= 0.3 is 0 Å². The second-order valence-electron chi connectivity index (χ2n) is 36.3. The van der Waals surface area contributed by atoms with Gasteiger partial charge in [-0.05, 0) is 220 Å². The highest BCUT2D eigenvalue weighted by Gasteiger charge is 2.49. The average molecular weight is 1640 g/mol. The Hall–Kier alpha value is -13.1. The number of rotatable bonds is 22. The molecule has 16 rings (SSSR count). The molecule has 0 saturated heterocycles. The number of aryl methyl sites for hydroxylation is 3. The van der Waals surface area contributed by atoms with Gasteiger partial charge in [0.2, 0.25) is 17.1 Å². The van der Waals surface area contributed by atoms with Crippen molar-refractivity contribution < 1.29 is 57.6 Å². The van der Waals surface area contributed by atoms with Crippen LogP contribution in [0.15, 0.2) is 296 Å². The van der Waals surface area contributed by atoms with E-state index in [2.05, 4.69) is 333 Å². The number of benzene rings is 10. The lowest BCUT2D eigenvalue weighted by atomic mass is 9.80. The van der Waals surface area contributed by atoms with Crippen LogP contribution in [0.1, 0.15) is 154 Å². The number of nitrogens with zero attached hydrogens (tertiary/aromatic N) is 6. The molecule has 0 aromatic heterocycles. The minimum atomic E-state index is -0.303. The third-order valence-corrected chi connectivity index (χ3v) is 25.0. The van der Waals surface area contributed by atoms with Crippen LogP contribution in [-0.2, 0) is 46.9 Å². The van der Waals surface area contributed by atoms with Crippen LogP contribution in [0.25, 0.3) is 10.8 Å². The molecule has 0 unspecified atom stereocenters. The fraction of sp³-hybridized carbons (Fsp3) is 0.278. The summed E-state index contributed by atoms with van der Waals surface area (Å²) in [6.07, 6.45) is 23.4. The average Bonchev–Trinajstić information content (AvgIpc) is 1.59. The number of phenolic OH excluding ortho intramolecular Hbond substituents is 3. The highest BCUT2D eigenvalue weighted by molar-refractivity contribution is 6.05. The van der Waals surface area contributed by atoms with Gasteiger partial charge in [0, 0.05) is 104 Å². The zero-order chi connectivity index (χ0) is 87.8. The van der Waals surface area contributed by atoms with Crippen molar-refractivity contribution >= 4 is 79.4 Å². The molecule has 0 saturated carbocycles. The summed E-state index contributed by atoms with van der Waals surface area (Å²) < 4.78 is 25.1. The lowest BCUT2D eigenvalue weighted by Gasteiger charge is -2.26. The molecule has 628 valence electrons. The molecule has 10 aromatic carbocycles. The molecule has 6 aliphatic rings. The molecule has 0 radical (unpaired) electrons. The Morgan fingerprint density at radius 1 is 0.333 bits per heavy atom. The first kappa shape index (κ1) is 86.2. The third-order valence-electron chi connectivity index (χ3n) is 25.0. The molecule has 0 bridgehead atoms. The Labute approximate surface area is 725 Å². The summed E-state index contributed by atoms with van der Waals surface area (Å²) in [5, 5.41) is 31.4. The number of carbonyl (C=O) groups is 3. The molecule has 0 fully saturated rings. The summed E-state index contributed by atoms with van der Waals surface area (Å²) in [6.45, 7) is 40.2. The van der Waals surface area contributed by atoms with Crippen molar-refractivity contribution in [2.24, 2.45) is 0 Å². The standard InChI is InChI=1S/C38H38N2O3.C36H38N2O3.C34H36N2O3/c1-25-14-15-27-16-21-33-36(30(27)22-25)38(5,6)35(39(33)23-26(2)41)13-9-12-34-37(3,4)31-10-7-8-11-32(31)40(34)24-43-29-19-17-28(42)18-20-29;1-25-16-21-32-30(22-25)36(5,6)33(37(32)23-26(2)39)14-8-7-9-15-34-35(3,4)29-12-10-11-13-31(29)38(34)24-41-28-19-17-27(40)18-20-28;1-23-14-19-30-28(20-23)34(5,6)31(35(30)21-24(2)37)12-9-13-32-33(3,4)27-10-7-8-11-29(27)36(32)22-39-26-17-15-25(38)16-18-26/h7-22H,23-24H2,1-6H3;7-22H,23-24H2,1-6H3;7-20H,21-22H2,1-6H3/p+3. The number of aromatic hydroxyl groups is 3. The monoisotopic (exact) mass is 1640 g/mol. The van der Waals surface area contributed by atoms with Gasteiger partial charge in [0.25, 0.3) is 20.2 Å². The molecule has 0 amide bonds. The summed E-state index contributed by atoms with van der Waals surface area (Å²) in [5.74, 6) is 3.12. The van der Waals surface area contributed by atoms with E-state index >= 15 is 0 Å². The number of allylic oxidation sites excluding steroid dienone is 14. The summed E-state index contributed by atoms with van der Waals surface area (Å²) in [5.41, 5.74) is 23.1. The summed E-state index contributed by atoms with van der Waals surface area (Å²) in [6, 6.07) is 69.6. The van der Waals surface area contributed by atoms with Gasteiger partial charge in [-0.1, -0.05) is 192 Å². The predicted molar refractivity (Wildman–Crippen MR) is 499 cm³/mol. The number of anilines is 3. The highest BCUT2D eigenvalue weighted by atomic mass is 16.5. The fourth-order valence-corrected chi connectivity index (χ4v) is 18.7. The van der Waals surface area contributed by atoms with Crippen LogP contribution in [0.3, 0.4) is 0 Å². The Bertz CT molecular complexity index is 6150. The topological polar surface area (TPSA) is 158 Å². The van der Waals surface area contributed by atoms with Gasteiger partial charge in [0.1, 0.15) is 51.8 Å². The van der Waals surface area contributed by atoms with E-state index in [9.17, 15) is 29.7 Å². The number of ketones is 3. The van der Waals surface area contributed by atoms with Gasteiger partial charge in [-0.15, -0.1) is 0 Å². The molecule has 123 heavy (non-hydrogen) atoms. The largest absolute Gasteiger partial charge is 0.508 e. The predicted octanol–water partition coefficient (Wildman–Crippen LogP) is 22.5. The maximum atomic E-state index is 12.5. The fourth-order valence-electron chi connectivity index (χ4n) is 18.7. The molecule has 15 nitrogen and oxygen atoms in total. The zero-order valence-corrected chi connectivity index (χ0v) is 74.3. The van der Waals surface area contributed by atoms with Crippen molar-refractivity contribution in [1.82, 2.24) is 0 Å². The van der Waals surface area contributed by atoms with E-state index in [0.29, 0.717) is 57.1 Å². The second-order valence-corrected chi connectivity index (χ2v) is 36.3. The SMILES string of the molecule is CC(=O)CN1C(=CC=CC2=[N+](COc3ccc(O)cc3)c3ccccc3C2(C)C)C(C)(C)c2c1ccc1ccc(C)cc21.CC(=O)CN1C(=CC=CC2=[N+](COc3ccc(O)cc3)c3ccccc3C2(C)C)C(C)(C)c2cc(C)ccc21.CC(=O)CN1C(=CC=CC=CC2=[N+](COc3ccc(O)cc3)c3ccccc3C2(C)C)C(C)(C)c2cc(C)ccc21. The molecule has 10 aromatic rings. The van der Waals surface area contributed by atoms with Crippen LogP contribution in [0, 0.1) is 20.8 Å². The molecular formula is C108H115N6O9+3. The Kier molecular flexibility index (Phi) is 24.1. The maximum Gasteiger partial charge on any atom is 0.292 e. The first-order valence-corrected chi connectivity index (χ1v) is 42.4. The van der Waals surface area contributed by atoms with Crippen molar-refractivity contribution in [2.45, 2.75) is 157 Å². The van der Waals surface area contributed by atoms with E-state index in [0.717, 1.165) is 68.4 Å². The Morgan fingerprint density at radius 3 is 1.02 bits per heavy atom. The van der Waals surface area contributed by atoms with Crippen LogP contribution in [0.4, 0.5) is 34.1 Å². The quantitative estimate of drug-likeness (QED) is 0.0436. The lowest BCUT2D eigenvalue weighted by Crippen LogP contribution is -2.30. The molecule has 0 atom stereocenters. The molecule has 0 spiro atoms. The number of hydrogen-bond donors (Lipinski definition) is 3. The van der Waals surface area contributed by atoms with Gasteiger partial charge in [0.05, 0.1) is 35.9 Å². The number of carbonyl (C=O) groups excluding carboxylic acids is 3. The zero-order valence-electron chi connectivity index (χ0n) is 74.3. The maximum absolute atomic E-state index is 12.5. The normalized spacial score (nSPS) is 17.9. The number of Topliss-reactive ketones (excluding diaryl/α,β-unsaturated/α-hetero) is 3. The second kappa shape index (κ2) is 34.4. The van der Waals surface area contributed by atoms with Crippen LogP contribution in [0.2, 0.25) is 0 Å². The Balaban J connectivity index is 0.000000151. The van der Waals surface area contributed by atoms with E-state index in [1.54, 1.807) is 93.6 Å².